The lowest BCUT2D eigenvalue weighted by Gasteiger charge is -2.32. The fraction of sp³-hybridized carbons (Fsp3) is 0.450. The van der Waals surface area contributed by atoms with Gasteiger partial charge in [0.1, 0.15) is 0 Å². The Morgan fingerprint density at radius 3 is 2.56 bits per heavy atom. The molecule has 4 aromatic rings. The van der Waals surface area contributed by atoms with Crippen molar-refractivity contribution < 1.29 is 29.2 Å². The molecule has 0 bridgehead atoms. The molecule has 4 heterocycles. The molecule has 0 radical (unpaired) electrons. The first-order valence-electron chi connectivity index (χ1n) is 18.9. The quantitative estimate of drug-likeness (QED) is 0.106. The number of benzene rings is 3. The molecular formula is C40H48N6O7Si. The van der Waals surface area contributed by atoms with Crippen LogP contribution < -0.4 is 9.80 Å². The molecule has 3 aliphatic heterocycles. The van der Waals surface area contributed by atoms with Gasteiger partial charge in [0.05, 0.1) is 41.5 Å². The Labute approximate surface area is 315 Å². The maximum absolute atomic E-state index is 15.0. The number of rotatable bonds is 11. The summed E-state index contributed by atoms with van der Waals surface area (Å²) in [5, 5.41) is 30.9. The SMILES string of the molecule is C[C@H]1[C@H]([Si](C)(C)O)[C@@H](CCn2cc(C(CO)c3ccccc3)nn2)O[C@]12C(=O)N(Cc1cccc(N3CCCCCCC3=O)c1)c1ccc([N+](=O)[O-])cc12. The summed E-state index contributed by atoms with van der Waals surface area (Å²) in [4.78, 5) is 54.9. The number of hydrogen-bond acceptors (Lipinski definition) is 9. The van der Waals surface area contributed by atoms with Crippen molar-refractivity contribution in [2.24, 2.45) is 5.92 Å². The molecule has 13 nitrogen and oxygen atoms in total. The summed E-state index contributed by atoms with van der Waals surface area (Å²) in [5.41, 5.74) is 1.98. The van der Waals surface area contributed by atoms with Gasteiger partial charge in [-0.15, -0.1) is 5.10 Å². The van der Waals surface area contributed by atoms with Crippen LogP contribution in [0, 0.1) is 16.0 Å². The van der Waals surface area contributed by atoms with Gasteiger partial charge >= 0.3 is 0 Å². The molecule has 2 N–H and O–H groups in total. The van der Waals surface area contributed by atoms with Gasteiger partial charge in [-0.3, -0.25) is 24.4 Å². The molecule has 2 amide bonds. The standard InChI is InChI=1S/C40H48N6O7Si/c1-27-38(54(2,3)52)36(19-21-43-25-34(41-42-43)32(26-47)29-13-7-6-8-14-29)53-40(27)33-23-31(46(50)51)17-18-35(33)45(39(40)49)24-28-12-11-15-30(22-28)44-20-10-5-4-9-16-37(44)48/h6-8,11-15,17-18,22-23,25,27,32,36,38,47,52H,4-5,9-10,16,19-21,24,26H2,1-3H3/t27-,32?,36+,38-,40+/m0/s1. The summed E-state index contributed by atoms with van der Waals surface area (Å²) in [6, 6.07) is 21.8. The predicted octanol–water partition coefficient (Wildman–Crippen LogP) is 6.04. The van der Waals surface area contributed by atoms with Gasteiger partial charge in [-0.2, -0.15) is 0 Å². The molecule has 0 saturated carbocycles. The molecule has 284 valence electrons. The highest BCUT2D eigenvalue weighted by Crippen LogP contribution is 2.60. The number of nitro groups is 1. The fourth-order valence-electron chi connectivity index (χ4n) is 8.94. The lowest BCUT2D eigenvalue weighted by molar-refractivity contribution is -0.385. The number of amides is 2. The van der Waals surface area contributed by atoms with E-state index in [9.17, 15) is 29.6 Å². The molecule has 3 aromatic carbocycles. The Bertz CT molecular complexity index is 2020. The molecule has 7 rings (SSSR count). The molecule has 54 heavy (non-hydrogen) atoms. The van der Waals surface area contributed by atoms with Crippen molar-refractivity contribution in [3.63, 3.8) is 0 Å². The number of aliphatic hydroxyl groups is 1. The fourth-order valence-corrected chi connectivity index (χ4v) is 11.5. The second kappa shape index (κ2) is 15.2. The molecule has 1 aromatic heterocycles. The third-order valence-electron chi connectivity index (χ3n) is 11.5. The zero-order chi connectivity index (χ0) is 38.2. The van der Waals surface area contributed by atoms with E-state index in [0.717, 1.165) is 42.5 Å². The number of carbonyl (C=O) groups is 2. The van der Waals surface area contributed by atoms with Gasteiger partial charge in [0.2, 0.25) is 5.91 Å². The minimum Gasteiger partial charge on any atom is -0.432 e. The molecule has 0 aliphatic carbocycles. The van der Waals surface area contributed by atoms with Crippen LogP contribution >= 0.6 is 0 Å². The van der Waals surface area contributed by atoms with Crippen molar-refractivity contribution in [1.82, 2.24) is 15.0 Å². The highest BCUT2D eigenvalue weighted by Gasteiger charge is 2.66. The van der Waals surface area contributed by atoms with Crippen LogP contribution in [0.5, 0.6) is 0 Å². The first kappa shape index (κ1) is 37.5. The van der Waals surface area contributed by atoms with Gasteiger partial charge in [-0.1, -0.05) is 67.4 Å². The van der Waals surface area contributed by atoms with Crippen molar-refractivity contribution in [2.45, 2.75) is 94.8 Å². The van der Waals surface area contributed by atoms with E-state index in [4.69, 9.17) is 4.74 Å². The number of non-ortho nitro benzene ring substituents is 1. The number of ether oxygens (including phenoxy) is 1. The van der Waals surface area contributed by atoms with Crippen molar-refractivity contribution in [1.29, 1.82) is 0 Å². The summed E-state index contributed by atoms with van der Waals surface area (Å²) in [6.45, 7) is 6.63. The van der Waals surface area contributed by atoms with Crippen LogP contribution in [0.4, 0.5) is 17.1 Å². The largest absolute Gasteiger partial charge is 0.432 e. The Hall–Kier alpha value is -4.76. The van der Waals surface area contributed by atoms with Crippen LogP contribution in [-0.4, -0.2) is 69.2 Å². The van der Waals surface area contributed by atoms with Crippen LogP contribution in [0.15, 0.2) is 79.0 Å². The Balaban J connectivity index is 1.19. The van der Waals surface area contributed by atoms with Crippen molar-refractivity contribution in [3.8, 4) is 0 Å². The second-order valence-electron chi connectivity index (χ2n) is 15.4. The third kappa shape index (κ3) is 6.99. The number of carbonyl (C=O) groups excluding carboxylic acids is 2. The smallest absolute Gasteiger partial charge is 0.269 e. The summed E-state index contributed by atoms with van der Waals surface area (Å²) in [7, 11) is -3.01. The van der Waals surface area contributed by atoms with E-state index in [1.54, 1.807) is 21.8 Å². The van der Waals surface area contributed by atoms with Crippen molar-refractivity contribution in [2.75, 3.05) is 23.0 Å². The molecule has 14 heteroatoms. The van der Waals surface area contributed by atoms with Gasteiger partial charge in [-0.25, -0.2) is 0 Å². The molecule has 1 spiro atoms. The van der Waals surface area contributed by atoms with Gasteiger partial charge in [0.15, 0.2) is 13.9 Å². The zero-order valence-corrected chi connectivity index (χ0v) is 32.0. The lowest BCUT2D eigenvalue weighted by atomic mass is 9.82. The first-order chi connectivity index (χ1) is 25.9. The van der Waals surface area contributed by atoms with E-state index < -0.39 is 36.4 Å². The van der Waals surface area contributed by atoms with E-state index in [1.165, 1.54) is 12.1 Å². The number of anilines is 2. The van der Waals surface area contributed by atoms with Gasteiger partial charge < -0.3 is 24.4 Å². The monoisotopic (exact) mass is 752 g/mol. The Kier molecular flexibility index (Phi) is 10.5. The number of aromatic nitrogens is 3. The van der Waals surface area contributed by atoms with Crippen molar-refractivity contribution in [3.05, 3.63) is 111 Å². The highest BCUT2D eigenvalue weighted by atomic mass is 28.4. The number of aliphatic hydroxyl groups excluding tert-OH is 1. The predicted molar refractivity (Wildman–Crippen MR) is 205 cm³/mol. The van der Waals surface area contributed by atoms with Crippen LogP contribution in [0.2, 0.25) is 18.6 Å². The minimum absolute atomic E-state index is 0.0910. The summed E-state index contributed by atoms with van der Waals surface area (Å²) < 4.78 is 8.62. The molecule has 5 atom stereocenters. The Morgan fingerprint density at radius 2 is 1.81 bits per heavy atom. The lowest BCUT2D eigenvalue weighted by Crippen LogP contribution is -2.46. The topological polar surface area (TPSA) is 164 Å². The van der Waals surface area contributed by atoms with E-state index in [2.05, 4.69) is 10.3 Å². The second-order valence-corrected chi connectivity index (χ2v) is 19.4. The molecule has 1 unspecified atom stereocenters. The number of nitro benzene ring substituents is 1. The van der Waals surface area contributed by atoms with Gasteiger partial charge in [0.25, 0.3) is 11.6 Å². The highest BCUT2D eigenvalue weighted by molar-refractivity contribution is 6.71. The van der Waals surface area contributed by atoms with Crippen LogP contribution in [-0.2, 0) is 33.0 Å². The average Bonchev–Trinajstić information content (AvgIpc) is 3.80. The molecule has 2 saturated heterocycles. The average molecular weight is 753 g/mol. The van der Waals surface area contributed by atoms with Gasteiger partial charge in [-0.05, 0) is 61.7 Å². The maximum atomic E-state index is 15.0. The minimum atomic E-state index is -3.01. The van der Waals surface area contributed by atoms with Crippen LogP contribution in [0.3, 0.4) is 0 Å². The summed E-state index contributed by atoms with van der Waals surface area (Å²) in [6.07, 6.45) is 6.04. The van der Waals surface area contributed by atoms with Crippen LogP contribution in [0.1, 0.15) is 73.8 Å². The first-order valence-corrected chi connectivity index (χ1v) is 21.9. The number of nitrogens with zero attached hydrogens (tertiary/aromatic N) is 6. The van der Waals surface area contributed by atoms with Crippen LogP contribution in [0.25, 0.3) is 0 Å². The molecular weight excluding hydrogens is 705 g/mol. The molecule has 2 fully saturated rings. The van der Waals surface area contributed by atoms with E-state index in [1.807, 2.05) is 79.5 Å². The normalized spacial score (nSPS) is 23.8. The zero-order valence-electron chi connectivity index (χ0n) is 31.0. The van der Waals surface area contributed by atoms with Crippen molar-refractivity contribution >= 4 is 37.2 Å². The third-order valence-corrected chi connectivity index (χ3v) is 14.0. The number of hydrogen-bond donors (Lipinski definition) is 2. The summed E-state index contributed by atoms with van der Waals surface area (Å²) >= 11 is 0. The number of aryl methyl sites for hydroxylation is 1. The van der Waals surface area contributed by atoms with E-state index in [0.29, 0.717) is 42.9 Å². The van der Waals surface area contributed by atoms with Gasteiger partial charge in [0, 0.05) is 60.5 Å². The Morgan fingerprint density at radius 1 is 1.04 bits per heavy atom. The van der Waals surface area contributed by atoms with E-state index >= 15 is 0 Å². The molecule has 3 aliphatic rings. The summed E-state index contributed by atoms with van der Waals surface area (Å²) in [5.74, 6) is -1.10. The van der Waals surface area contributed by atoms with E-state index in [-0.39, 0.29) is 36.6 Å². The number of fused-ring (bicyclic) bond motifs is 2. The maximum Gasteiger partial charge on any atom is 0.269 e.